The van der Waals surface area contributed by atoms with Crippen LogP contribution in [0.4, 0.5) is 0 Å². The molecule has 1 aromatic rings. The summed E-state index contributed by atoms with van der Waals surface area (Å²) in [7, 11) is 2.14. The summed E-state index contributed by atoms with van der Waals surface area (Å²) < 4.78 is 0. The molecule has 1 atom stereocenters. The Bertz CT molecular complexity index is 311. The zero-order valence-corrected chi connectivity index (χ0v) is 11.8. The van der Waals surface area contributed by atoms with Gasteiger partial charge in [0.25, 0.3) is 0 Å². The van der Waals surface area contributed by atoms with Crippen LogP contribution in [0.1, 0.15) is 31.9 Å². The van der Waals surface area contributed by atoms with Crippen LogP contribution in [0.3, 0.4) is 0 Å². The van der Waals surface area contributed by atoms with Crippen molar-refractivity contribution in [3.05, 3.63) is 34.9 Å². The molecule has 0 saturated heterocycles. The van der Waals surface area contributed by atoms with Gasteiger partial charge in [0.15, 0.2) is 0 Å². The molecule has 0 aliphatic heterocycles. The molecule has 0 fully saturated rings. The fraction of sp³-hybridized carbons (Fsp3) is 0.571. The van der Waals surface area contributed by atoms with E-state index in [4.69, 9.17) is 11.6 Å². The molecular weight excluding hydrogens is 232 g/mol. The number of benzene rings is 1. The van der Waals surface area contributed by atoms with Gasteiger partial charge in [-0.25, -0.2) is 0 Å². The Morgan fingerprint density at radius 3 is 2.41 bits per heavy atom. The van der Waals surface area contributed by atoms with E-state index in [1.165, 1.54) is 5.56 Å². The van der Waals surface area contributed by atoms with Crippen LogP contribution in [-0.4, -0.2) is 31.6 Å². The molecule has 1 N–H and O–H groups in total. The molecule has 1 aromatic carbocycles. The second kappa shape index (κ2) is 7.70. The van der Waals surface area contributed by atoms with Crippen LogP contribution < -0.4 is 5.32 Å². The summed E-state index contributed by atoms with van der Waals surface area (Å²) in [6.45, 7) is 7.58. The number of nitrogens with one attached hydrogen (secondary N) is 1. The maximum absolute atomic E-state index is 5.90. The van der Waals surface area contributed by atoms with E-state index in [0.29, 0.717) is 6.04 Å². The van der Waals surface area contributed by atoms with E-state index in [-0.39, 0.29) is 0 Å². The lowest BCUT2D eigenvalue weighted by molar-refractivity contribution is 0.338. The topological polar surface area (TPSA) is 15.3 Å². The summed E-state index contributed by atoms with van der Waals surface area (Å²) in [4.78, 5) is 2.31. The van der Waals surface area contributed by atoms with Crippen molar-refractivity contribution < 1.29 is 0 Å². The van der Waals surface area contributed by atoms with E-state index in [2.05, 4.69) is 43.2 Å². The summed E-state index contributed by atoms with van der Waals surface area (Å²) in [5, 5.41) is 4.39. The van der Waals surface area contributed by atoms with Gasteiger partial charge in [-0.05, 0) is 37.7 Å². The lowest BCUT2D eigenvalue weighted by Gasteiger charge is -2.20. The molecule has 0 radical (unpaired) electrons. The maximum atomic E-state index is 5.90. The van der Waals surface area contributed by atoms with E-state index in [0.717, 1.165) is 31.1 Å². The summed E-state index contributed by atoms with van der Waals surface area (Å²) in [6.07, 6.45) is 1.09. The van der Waals surface area contributed by atoms with Crippen LogP contribution in [0.15, 0.2) is 24.3 Å². The second-order valence-corrected chi connectivity index (χ2v) is 4.80. The van der Waals surface area contributed by atoms with Gasteiger partial charge < -0.3 is 10.2 Å². The van der Waals surface area contributed by atoms with Gasteiger partial charge in [0.1, 0.15) is 0 Å². The Labute approximate surface area is 110 Å². The first-order valence-corrected chi connectivity index (χ1v) is 6.72. The van der Waals surface area contributed by atoms with Crippen molar-refractivity contribution in [3.63, 3.8) is 0 Å². The fourth-order valence-corrected chi connectivity index (χ4v) is 1.91. The summed E-state index contributed by atoms with van der Waals surface area (Å²) in [5.74, 6) is 0. The molecule has 0 aliphatic carbocycles. The summed E-state index contributed by atoms with van der Waals surface area (Å²) >= 11 is 5.90. The molecule has 0 aromatic heterocycles. The van der Waals surface area contributed by atoms with Crippen molar-refractivity contribution in [2.45, 2.75) is 26.3 Å². The third-order valence-electron chi connectivity index (χ3n) is 3.10. The standard InChI is InChI=1S/C14H23ClN2/c1-4-14(16-10-11-17(3)5-2)12-6-8-13(15)9-7-12/h6-9,14,16H,4-5,10-11H2,1-3H3. The monoisotopic (exact) mass is 254 g/mol. The molecule has 0 bridgehead atoms. The molecule has 3 heteroatoms. The molecule has 1 unspecified atom stereocenters. The smallest absolute Gasteiger partial charge is 0.0406 e. The first kappa shape index (κ1) is 14.5. The Hall–Kier alpha value is -0.570. The van der Waals surface area contributed by atoms with Crippen LogP contribution in [-0.2, 0) is 0 Å². The van der Waals surface area contributed by atoms with Crippen molar-refractivity contribution in [3.8, 4) is 0 Å². The predicted molar refractivity (Wildman–Crippen MR) is 75.7 cm³/mol. The minimum absolute atomic E-state index is 0.428. The lowest BCUT2D eigenvalue weighted by atomic mass is 10.0. The van der Waals surface area contributed by atoms with Gasteiger partial charge in [0.2, 0.25) is 0 Å². The van der Waals surface area contributed by atoms with E-state index in [1.54, 1.807) is 0 Å². The van der Waals surface area contributed by atoms with E-state index in [1.807, 2.05) is 12.1 Å². The number of likely N-dealkylation sites (N-methyl/N-ethyl adjacent to an activating group) is 1. The molecular formula is C14H23ClN2. The molecule has 0 saturated carbocycles. The van der Waals surface area contributed by atoms with Crippen LogP contribution in [0.25, 0.3) is 0 Å². The minimum Gasteiger partial charge on any atom is -0.309 e. The van der Waals surface area contributed by atoms with Gasteiger partial charge in [-0.1, -0.05) is 37.6 Å². The quantitative estimate of drug-likeness (QED) is 0.803. The number of rotatable bonds is 7. The SMILES string of the molecule is CCC(NCCN(C)CC)c1ccc(Cl)cc1. The molecule has 0 amide bonds. The highest BCUT2D eigenvalue weighted by Crippen LogP contribution is 2.18. The Morgan fingerprint density at radius 1 is 1.24 bits per heavy atom. The van der Waals surface area contributed by atoms with E-state index >= 15 is 0 Å². The highest BCUT2D eigenvalue weighted by molar-refractivity contribution is 6.30. The number of hydrogen-bond donors (Lipinski definition) is 1. The molecule has 0 spiro atoms. The Morgan fingerprint density at radius 2 is 1.88 bits per heavy atom. The number of halogens is 1. The van der Waals surface area contributed by atoms with E-state index in [9.17, 15) is 0 Å². The van der Waals surface area contributed by atoms with E-state index < -0.39 is 0 Å². The first-order valence-electron chi connectivity index (χ1n) is 6.34. The molecule has 0 aliphatic rings. The molecule has 0 heterocycles. The largest absolute Gasteiger partial charge is 0.309 e. The highest BCUT2D eigenvalue weighted by Gasteiger charge is 2.08. The number of nitrogens with zero attached hydrogens (tertiary/aromatic N) is 1. The van der Waals surface area contributed by atoms with Crippen LogP contribution in [0, 0.1) is 0 Å². The normalized spacial score (nSPS) is 13.0. The van der Waals surface area contributed by atoms with Gasteiger partial charge in [0, 0.05) is 24.2 Å². The van der Waals surface area contributed by atoms with Gasteiger partial charge >= 0.3 is 0 Å². The second-order valence-electron chi connectivity index (χ2n) is 4.36. The van der Waals surface area contributed by atoms with Gasteiger partial charge in [-0.3, -0.25) is 0 Å². The lowest BCUT2D eigenvalue weighted by Crippen LogP contribution is -2.31. The third kappa shape index (κ3) is 5.07. The van der Waals surface area contributed by atoms with Crippen molar-refractivity contribution in [2.75, 3.05) is 26.7 Å². The Kier molecular flexibility index (Phi) is 6.56. The molecule has 96 valence electrons. The Balaban J connectivity index is 2.45. The van der Waals surface area contributed by atoms with Gasteiger partial charge in [-0.2, -0.15) is 0 Å². The zero-order chi connectivity index (χ0) is 12.7. The van der Waals surface area contributed by atoms with Crippen molar-refractivity contribution in [1.29, 1.82) is 0 Å². The third-order valence-corrected chi connectivity index (χ3v) is 3.36. The number of hydrogen-bond acceptors (Lipinski definition) is 2. The highest BCUT2D eigenvalue weighted by atomic mass is 35.5. The van der Waals surface area contributed by atoms with Crippen LogP contribution in [0.2, 0.25) is 5.02 Å². The van der Waals surface area contributed by atoms with Crippen molar-refractivity contribution >= 4 is 11.6 Å². The fourth-order valence-electron chi connectivity index (χ4n) is 1.78. The average Bonchev–Trinajstić information content (AvgIpc) is 2.35. The van der Waals surface area contributed by atoms with Crippen molar-refractivity contribution in [2.24, 2.45) is 0 Å². The summed E-state index contributed by atoms with van der Waals surface area (Å²) in [6, 6.07) is 8.55. The molecule has 2 nitrogen and oxygen atoms in total. The molecule has 17 heavy (non-hydrogen) atoms. The first-order chi connectivity index (χ1) is 8.17. The maximum Gasteiger partial charge on any atom is 0.0406 e. The van der Waals surface area contributed by atoms with Gasteiger partial charge in [0.05, 0.1) is 0 Å². The zero-order valence-electron chi connectivity index (χ0n) is 11.0. The van der Waals surface area contributed by atoms with Crippen molar-refractivity contribution in [1.82, 2.24) is 10.2 Å². The van der Waals surface area contributed by atoms with Crippen LogP contribution >= 0.6 is 11.6 Å². The summed E-state index contributed by atoms with van der Waals surface area (Å²) in [5.41, 5.74) is 1.32. The average molecular weight is 255 g/mol. The predicted octanol–water partition coefficient (Wildman–Crippen LogP) is 3.33. The van der Waals surface area contributed by atoms with Crippen LogP contribution in [0.5, 0.6) is 0 Å². The minimum atomic E-state index is 0.428. The molecule has 1 rings (SSSR count). The van der Waals surface area contributed by atoms with Gasteiger partial charge in [-0.15, -0.1) is 0 Å².